The van der Waals surface area contributed by atoms with E-state index in [0.717, 1.165) is 24.4 Å². The number of piperidine rings is 1. The average molecular weight is 319 g/mol. The molecule has 3 heteroatoms. The van der Waals surface area contributed by atoms with Gasteiger partial charge >= 0.3 is 0 Å². The number of benzene rings is 1. The van der Waals surface area contributed by atoms with Crippen molar-refractivity contribution in [3.8, 4) is 0 Å². The number of likely N-dealkylation sites (tertiary alicyclic amines) is 1. The molecule has 0 radical (unpaired) electrons. The second-order valence-corrected chi connectivity index (χ2v) is 6.88. The van der Waals surface area contributed by atoms with Crippen molar-refractivity contribution in [3.63, 3.8) is 0 Å². The second kappa shape index (κ2) is 6.78. The van der Waals surface area contributed by atoms with E-state index in [1.807, 2.05) is 0 Å². The predicted molar refractivity (Wildman–Crippen MR) is 99.7 cm³/mol. The fraction of sp³-hybridized carbons (Fsp3) is 0.381. The first-order valence-electron chi connectivity index (χ1n) is 8.96. The van der Waals surface area contributed by atoms with Crippen LogP contribution < -0.4 is 0 Å². The first-order valence-corrected chi connectivity index (χ1v) is 8.96. The van der Waals surface area contributed by atoms with Crippen molar-refractivity contribution in [1.29, 1.82) is 0 Å². The van der Waals surface area contributed by atoms with Crippen LogP contribution in [0.2, 0.25) is 0 Å². The van der Waals surface area contributed by atoms with E-state index in [1.165, 1.54) is 37.3 Å². The zero-order chi connectivity index (χ0) is 16.4. The molecule has 1 aliphatic carbocycles. The number of hydrogen-bond acceptors (Lipinski definition) is 2. The summed E-state index contributed by atoms with van der Waals surface area (Å²) in [6, 6.07) is 8.40. The van der Waals surface area contributed by atoms with E-state index in [4.69, 9.17) is 4.98 Å². The van der Waals surface area contributed by atoms with Crippen molar-refractivity contribution >= 4 is 11.0 Å². The molecule has 4 rings (SSSR count). The number of nitrogens with zero attached hydrogens (tertiary/aromatic N) is 3. The first kappa shape index (κ1) is 15.4. The van der Waals surface area contributed by atoms with Crippen LogP contribution in [0.3, 0.4) is 0 Å². The SMILES string of the molecule is Cn1c(CN2CCC(C3=CC=CC=CC3)CC2)nc2ccccc21. The zero-order valence-electron chi connectivity index (χ0n) is 14.4. The summed E-state index contributed by atoms with van der Waals surface area (Å²) >= 11 is 0. The summed E-state index contributed by atoms with van der Waals surface area (Å²) in [6.45, 7) is 3.29. The lowest BCUT2D eigenvalue weighted by atomic mass is 9.87. The molecule has 124 valence electrons. The average Bonchev–Trinajstić information content (AvgIpc) is 2.81. The Hall–Kier alpha value is -2.13. The monoisotopic (exact) mass is 319 g/mol. The Kier molecular flexibility index (Phi) is 4.35. The molecular weight excluding hydrogens is 294 g/mol. The molecule has 2 aromatic rings. The number of allylic oxidation sites excluding steroid dienone is 6. The maximum Gasteiger partial charge on any atom is 0.123 e. The van der Waals surface area contributed by atoms with Crippen LogP contribution in [-0.2, 0) is 13.6 Å². The summed E-state index contributed by atoms with van der Waals surface area (Å²) in [5.41, 5.74) is 3.93. The summed E-state index contributed by atoms with van der Waals surface area (Å²) < 4.78 is 2.24. The fourth-order valence-corrected chi connectivity index (χ4v) is 3.90. The number of fused-ring (bicyclic) bond motifs is 1. The third kappa shape index (κ3) is 3.09. The van der Waals surface area contributed by atoms with E-state index in [-0.39, 0.29) is 0 Å². The quantitative estimate of drug-likeness (QED) is 0.844. The van der Waals surface area contributed by atoms with Gasteiger partial charge in [-0.2, -0.15) is 0 Å². The third-order valence-corrected chi connectivity index (χ3v) is 5.38. The van der Waals surface area contributed by atoms with Crippen molar-refractivity contribution in [1.82, 2.24) is 14.5 Å². The van der Waals surface area contributed by atoms with Crippen LogP contribution in [0, 0.1) is 5.92 Å². The molecule has 1 saturated heterocycles. The van der Waals surface area contributed by atoms with Gasteiger partial charge in [-0.05, 0) is 50.4 Å². The number of hydrogen-bond donors (Lipinski definition) is 0. The van der Waals surface area contributed by atoms with E-state index in [0.29, 0.717) is 0 Å². The normalized spacial score (nSPS) is 19.6. The predicted octanol–water partition coefficient (Wildman–Crippen LogP) is 4.23. The number of rotatable bonds is 3. The molecule has 0 spiro atoms. The van der Waals surface area contributed by atoms with Gasteiger partial charge < -0.3 is 4.57 Å². The molecule has 0 atom stereocenters. The van der Waals surface area contributed by atoms with Gasteiger partial charge in [0.1, 0.15) is 5.82 Å². The maximum absolute atomic E-state index is 4.82. The molecule has 1 fully saturated rings. The van der Waals surface area contributed by atoms with E-state index in [2.05, 4.69) is 71.2 Å². The Balaban J connectivity index is 1.41. The van der Waals surface area contributed by atoms with Gasteiger partial charge in [0.25, 0.3) is 0 Å². The molecule has 0 unspecified atom stereocenters. The highest BCUT2D eigenvalue weighted by Gasteiger charge is 2.22. The summed E-state index contributed by atoms with van der Waals surface area (Å²) in [7, 11) is 2.13. The van der Waals surface area contributed by atoms with Gasteiger partial charge in [0, 0.05) is 7.05 Å². The van der Waals surface area contributed by atoms with Gasteiger partial charge in [-0.1, -0.05) is 48.1 Å². The number of aromatic nitrogens is 2. The molecule has 0 amide bonds. The van der Waals surface area contributed by atoms with Gasteiger partial charge in [-0.25, -0.2) is 4.98 Å². The van der Waals surface area contributed by atoms with Gasteiger partial charge in [-0.15, -0.1) is 0 Å². The van der Waals surface area contributed by atoms with Gasteiger partial charge in [0.05, 0.1) is 17.6 Å². The molecule has 2 aliphatic rings. The molecule has 0 N–H and O–H groups in total. The molecule has 3 nitrogen and oxygen atoms in total. The van der Waals surface area contributed by atoms with Crippen molar-refractivity contribution in [2.75, 3.05) is 13.1 Å². The third-order valence-electron chi connectivity index (χ3n) is 5.38. The highest BCUT2D eigenvalue weighted by atomic mass is 15.2. The van der Waals surface area contributed by atoms with Crippen molar-refractivity contribution in [2.24, 2.45) is 13.0 Å². The molecule has 24 heavy (non-hydrogen) atoms. The zero-order valence-corrected chi connectivity index (χ0v) is 14.4. The maximum atomic E-state index is 4.82. The topological polar surface area (TPSA) is 21.1 Å². The van der Waals surface area contributed by atoms with Crippen molar-refractivity contribution in [3.05, 3.63) is 66.0 Å². The van der Waals surface area contributed by atoms with Gasteiger partial charge in [-0.3, -0.25) is 4.90 Å². The summed E-state index contributed by atoms with van der Waals surface area (Å²) in [6.07, 6.45) is 14.7. The highest BCUT2D eigenvalue weighted by Crippen LogP contribution is 2.29. The van der Waals surface area contributed by atoms with Gasteiger partial charge in [0.2, 0.25) is 0 Å². The van der Waals surface area contributed by atoms with E-state index >= 15 is 0 Å². The number of aryl methyl sites for hydroxylation is 1. The molecule has 2 heterocycles. The fourth-order valence-electron chi connectivity index (χ4n) is 3.90. The Morgan fingerprint density at radius 3 is 2.75 bits per heavy atom. The van der Waals surface area contributed by atoms with Crippen LogP contribution >= 0.6 is 0 Å². The Morgan fingerprint density at radius 1 is 1.08 bits per heavy atom. The smallest absolute Gasteiger partial charge is 0.123 e. The number of para-hydroxylation sites is 2. The van der Waals surface area contributed by atoms with E-state index in [9.17, 15) is 0 Å². The second-order valence-electron chi connectivity index (χ2n) is 6.88. The Labute approximate surface area is 144 Å². The Morgan fingerprint density at radius 2 is 1.92 bits per heavy atom. The van der Waals surface area contributed by atoms with Crippen LogP contribution in [-0.4, -0.2) is 27.5 Å². The number of imidazole rings is 1. The molecule has 1 aliphatic heterocycles. The standard InChI is InChI=1S/C21H25N3/c1-23-20-11-7-6-10-19(20)22-21(23)16-24-14-12-18(13-15-24)17-8-4-2-3-5-9-17/h2-8,10-11,18H,9,12-16H2,1H3. The lowest BCUT2D eigenvalue weighted by Gasteiger charge is -2.32. The molecule has 1 aromatic carbocycles. The van der Waals surface area contributed by atoms with Crippen LogP contribution in [0.5, 0.6) is 0 Å². The van der Waals surface area contributed by atoms with Crippen molar-refractivity contribution in [2.45, 2.75) is 25.8 Å². The summed E-state index contributed by atoms with van der Waals surface area (Å²) in [4.78, 5) is 7.38. The minimum atomic E-state index is 0.745. The van der Waals surface area contributed by atoms with E-state index in [1.54, 1.807) is 5.57 Å². The summed E-state index contributed by atoms with van der Waals surface area (Å²) in [5.74, 6) is 1.92. The molecular formula is C21H25N3. The highest BCUT2D eigenvalue weighted by molar-refractivity contribution is 5.75. The minimum Gasteiger partial charge on any atom is -0.330 e. The largest absolute Gasteiger partial charge is 0.330 e. The lowest BCUT2D eigenvalue weighted by Crippen LogP contribution is -2.34. The summed E-state index contributed by atoms with van der Waals surface area (Å²) in [5, 5.41) is 0. The lowest BCUT2D eigenvalue weighted by molar-refractivity contribution is 0.185. The first-order chi connectivity index (χ1) is 11.8. The Bertz CT molecular complexity index is 802. The molecule has 1 aromatic heterocycles. The van der Waals surface area contributed by atoms with E-state index < -0.39 is 0 Å². The van der Waals surface area contributed by atoms with Crippen LogP contribution in [0.1, 0.15) is 25.1 Å². The van der Waals surface area contributed by atoms with Crippen LogP contribution in [0.15, 0.2) is 60.2 Å². The van der Waals surface area contributed by atoms with Crippen LogP contribution in [0.25, 0.3) is 11.0 Å². The van der Waals surface area contributed by atoms with Crippen LogP contribution in [0.4, 0.5) is 0 Å². The van der Waals surface area contributed by atoms with Gasteiger partial charge in [0.15, 0.2) is 0 Å². The molecule has 0 saturated carbocycles. The molecule has 0 bridgehead atoms. The van der Waals surface area contributed by atoms with Crippen molar-refractivity contribution < 1.29 is 0 Å². The minimum absolute atomic E-state index is 0.745.